The fraction of sp³-hybridized carbons (Fsp3) is 0.0667. The summed E-state index contributed by atoms with van der Waals surface area (Å²) in [7, 11) is 1.62. The molecule has 6 heteroatoms. The third-order valence-corrected chi connectivity index (χ3v) is 3.59. The minimum Gasteiger partial charge on any atom is -0.496 e. The molecule has 1 aromatic heterocycles. The van der Waals surface area contributed by atoms with Crippen LogP contribution < -0.4 is 10.5 Å². The normalized spacial score (nSPS) is 10.6. The van der Waals surface area contributed by atoms with Crippen molar-refractivity contribution in [2.45, 2.75) is 0 Å². The van der Waals surface area contributed by atoms with Crippen LogP contribution in [0.3, 0.4) is 0 Å². The molecule has 5 nitrogen and oxygen atoms in total. The van der Waals surface area contributed by atoms with Crippen molar-refractivity contribution in [3.8, 4) is 28.6 Å². The smallest absolute Gasteiger partial charge is 0.258 e. The van der Waals surface area contributed by atoms with Crippen molar-refractivity contribution in [3.63, 3.8) is 0 Å². The molecular weight excluding hydrogens is 334 g/mol. The van der Waals surface area contributed by atoms with Gasteiger partial charge in [0.1, 0.15) is 5.75 Å². The van der Waals surface area contributed by atoms with Crippen LogP contribution in [0, 0.1) is 0 Å². The Morgan fingerprint density at radius 1 is 1.14 bits per heavy atom. The first-order chi connectivity index (χ1) is 10.2. The summed E-state index contributed by atoms with van der Waals surface area (Å²) in [4.78, 5) is 4.39. The molecule has 0 aliphatic rings. The van der Waals surface area contributed by atoms with Gasteiger partial charge in [0, 0.05) is 16.8 Å². The van der Waals surface area contributed by atoms with Crippen molar-refractivity contribution >= 4 is 21.6 Å². The standard InChI is InChI=1S/C15H12BrN3O2/c1-20-13-6-5-9(8-12(13)16)14-18-15(21-19-14)10-3-2-4-11(17)7-10/h2-8H,17H2,1H3. The molecule has 0 radical (unpaired) electrons. The zero-order valence-electron chi connectivity index (χ0n) is 11.2. The Hall–Kier alpha value is -2.34. The van der Waals surface area contributed by atoms with E-state index in [1.54, 1.807) is 19.2 Å². The quantitative estimate of drug-likeness (QED) is 0.731. The van der Waals surface area contributed by atoms with Crippen molar-refractivity contribution in [2.75, 3.05) is 12.8 Å². The fourth-order valence-corrected chi connectivity index (χ4v) is 2.48. The number of aromatic nitrogens is 2. The minimum absolute atomic E-state index is 0.434. The molecule has 0 aliphatic carbocycles. The monoisotopic (exact) mass is 345 g/mol. The van der Waals surface area contributed by atoms with Crippen LogP contribution >= 0.6 is 15.9 Å². The van der Waals surface area contributed by atoms with E-state index in [0.29, 0.717) is 17.4 Å². The van der Waals surface area contributed by atoms with E-state index in [-0.39, 0.29) is 0 Å². The van der Waals surface area contributed by atoms with Crippen molar-refractivity contribution < 1.29 is 9.26 Å². The Bertz CT molecular complexity index is 786. The first-order valence-corrected chi connectivity index (χ1v) is 7.00. The second kappa shape index (κ2) is 5.57. The Morgan fingerprint density at radius 3 is 2.71 bits per heavy atom. The van der Waals surface area contributed by atoms with Crippen LogP contribution in [-0.4, -0.2) is 17.3 Å². The van der Waals surface area contributed by atoms with Crippen LogP contribution in [0.5, 0.6) is 5.75 Å². The maximum Gasteiger partial charge on any atom is 0.258 e. The van der Waals surface area contributed by atoms with Crippen LogP contribution in [0.4, 0.5) is 5.69 Å². The molecule has 0 saturated heterocycles. The van der Waals surface area contributed by atoms with Crippen LogP contribution in [-0.2, 0) is 0 Å². The molecular formula is C15H12BrN3O2. The molecule has 21 heavy (non-hydrogen) atoms. The van der Waals surface area contributed by atoms with Gasteiger partial charge >= 0.3 is 0 Å². The van der Waals surface area contributed by atoms with Gasteiger partial charge < -0.3 is 15.0 Å². The summed E-state index contributed by atoms with van der Waals surface area (Å²) in [6.07, 6.45) is 0. The van der Waals surface area contributed by atoms with E-state index in [1.807, 2.05) is 30.3 Å². The summed E-state index contributed by atoms with van der Waals surface area (Å²) in [6.45, 7) is 0. The third kappa shape index (κ3) is 2.75. The molecule has 0 saturated carbocycles. The predicted molar refractivity (Wildman–Crippen MR) is 83.8 cm³/mol. The number of hydrogen-bond donors (Lipinski definition) is 1. The Balaban J connectivity index is 1.96. The number of nitrogens with zero attached hydrogens (tertiary/aromatic N) is 2. The van der Waals surface area contributed by atoms with E-state index in [0.717, 1.165) is 21.3 Å². The number of nitrogen functional groups attached to an aromatic ring is 1. The number of ether oxygens (including phenoxy) is 1. The zero-order chi connectivity index (χ0) is 14.8. The highest BCUT2D eigenvalue weighted by atomic mass is 79.9. The van der Waals surface area contributed by atoms with E-state index in [9.17, 15) is 0 Å². The second-order valence-electron chi connectivity index (χ2n) is 4.40. The maximum absolute atomic E-state index is 5.76. The topological polar surface area (TPSA) is 74.2 Å². The number of benzene rings is 2. The number of halogens is 1. The molecule has 0 bridgehead atoms. The molecule has 3 aromatic rings. The highest BCUT2D eigenvalue weighted by Crippen LogP contribution is 2.30. The molecule has 0 amide bonds. The molecule has 2 N–H and O–H groups in total. The lowest BCUT2D eigenvalue weighted by molar-refractivity contribution is 0.412. The average Bonchev–Trinajstić information content (AvgIpc) is 2.97. The van der Waals surface area contributed by atoms with Gasteiger partial charge in [0.15, 0.2) is 0 Å². The van der Waals surface area contributed by atoms with E-state index in [2.05, 4.69) is 26.1 Å². The largest absolute Gasteiger partial charge is 0.496 e. The zero-order valence-corrected chi connectivity index (χ0v) is 12.8. The van der Waals surface area contributed by atoms with Gasteiger partial charge in [-0.05, 0) is 52.3 Å². The number of rotatable bonds is 3. The lowest BCUT2D eigenvalue weighted by Crippen LogP contribution is -1.87. The minimum atomic E-state index is 0.434. The van der Waals surface area contributed by atoms with Crippen LogP contribution in [0.15, 0.2) is 51.5 Å². The molecule has 3 rings (SSSR count). The molecule has 106 valence electrons. The molecule has 0 aliphatic heterocycles. The maximum atomic E-state index is 5.76. The number of hydrogen-bond acceptors (Lipinski definition) is 5. The summed E-state index contributed by atoms with van der Waals surface area (Å²) >= 11 is 3.44. The number of methoxy groups -OCH3 is 1. The molecule has 0 fully saturated rings. The fourth-order valence-electron chi connectivity index (χ4n) is 1.94. The molecule has 0 unspecified atom stereocenters. The first kappa shape index (κ1) is 13.6. The Kier molecular flexibility index (Phi) is 3.62. The lowest BCUT2D eigenvalue weighted by Gasteiger charge is -2.03. The van der Waals surface area contributed by atoms with Gasteiger partial charge in [0.2, 0.25) is 5.82 Å². The third-order valence-electron chi connectivity index (χ3n) is 2.97. The summed E-state index contributed by atoms with van der Waals surface area (Å²) in [5.74, 6) is 1.69. The average molecular weight is 346 g/mol. The highest BCUT2D eigenvalue weighted by molar-refractivity contribution is 9.10. The lowest BCUT2D eigenvalue weighted by atomic mass is 10.2. The van der Waals surface area contributed by atoms with E-state index < -0.39 is 0 Å². The van der Waals surface area contributed by atoms with Crippen molar-refractivity contribution in [1.82, 2.24) is 10.1 Å². The van der Waals surface area contributed by atoms with Gasteiger partial charge in [0.25, 0.3) is 5.89 Å². The first-order valence-electron chi connectivity index (χ1n) is 6.21. The van der Waals surface area contributed by atoms with E-state index in [4.69, 9.17) is 15.0 Å². The van der Waals surface area contributed by atoms with Gasteiger partial charge in [0.05, 0.1) is 11.6 Å². The molecule has 0 spiro atoms. The SMILES string of the molecule is COc1ccc(-c2noc(-c3cccc(N)c3)n2)cc1Br. The van der Waals surface area contributed by atoms with E-state index >= 15 is 0 Å². The predicted octanol–water partition coefficient (Wildman–Crippen LogP) is 3.76. The summed E-state index contributed by atoms with van der Waals surface area (Å²) in [5, 5.41) is 4.00. The Labute approximate surface area is 129 Å². The van der Waals surface area contributed by atoms with Crippen LogP contribution in [0.1, 0.15) is 0 Å². The summed E-state index contributed by atoms with van der Waals surface area (Å²) in [5.41, 5.74) is 8.04. The number of nitrogens with two attached hydrogens (primary N) is 1. The van der Waals surface area contributed by atoms with Crippen LogP contribution in [0.2, 0.25) is 0 Å². The van der Waals surface area contributed by atoms with Gasteiger partial charge in [-0.15, -0.1) is 0 Å². The summed E-state index contributed by atoms with van der Waals surface area (Å²) in [6, 6.07) is 12.9. The van der Waals surface area contributed by atoms with E-state index in [1.165, 1.54) is 0 Å². The van der Waals surface area contributed by atoms with Gasteiger partial charge in [-0.1, -0.05) is 11.2 Å². The van der Waals surface area contributed by atoms with Crippen molar-refractivity contribution in [1.29, 1.82) is 0 Å². The Morgan fingerprint density at radius 2 is 2.00 bits per heavy atom. The number of anilines is 1. The second-order valence-corrected chi connectivity index (χ2v) is 5.25. The van der Waals surface area contributed by atoms with Crippen molar-refractivity contribution in [2.24, 2.45) is 0 Å². The van der Waals surface area contributed by atoms with Crippen LogP contribution in [0.25, 0.3) is 22.8 Å². The van der Waals surface area contributed by atoms with Gasteiger partial charge in [-0.2, -0.15) is 4.98 Å². The molecule has 0 atom stereocenters. The van der Waals surface area contributed by atoms with Gasteiger partial charge in [-0.3, -0.25) is 0 Å². The highest BCUT2D eigenvalue weighted by Gasteiger charge is 2.12. The molecule has 1 heterocycles. The summed E-state index contributed by atoms with van der Waals surface area (Å²) < 4.78 is 11.3. The van der Waals surface area contributed by atoms with Gasteiger partial charge in [-0.25, -0.2) is 0 Å². The molecule has 2 aromatic carbocycles. The van der Waals surface area contributed by atoms with Crippen molar-refractivity contribution in [3.05, 3.63) is 46.9 Å².